The van der Waals surface area contributed by atoms with Crippen molar-refractivity contribution in [3.05, 3.63) is 28.2 Å². The molecule has 2 nitrogen and oxygen atoms in total. The van der Waals surface area contributed by atoms with Gasteiger partial charge < -0.3 is 10.1 Å². The van der Waals surface area contributed by atoms with Crippen molar-refractivity contribution in [3.63, 3.8) is 0 Å². The first-order chi connectivity index (χ1) is 9.15. The maximum Gasteiger partial charge on any atom is 0.120 e. The Hall–Kier alpha value is -0.440. The molecule has 2 unspecified atom stereocenters. The van der Waals surface area contributed by atoms with Crippen LogP contribution in [0.2, 0.25) is 10.0 Å². The van der Waals surface area contributed by atoms with Crippen molar-refractivity contribution in [2.45, 2.75) is 38.6 Å². The molecule has 1 N–H and O–H groups in total. The lowest BCUT2D eigenvalue weighted by Crippen LogP contribution is -2.36. The van der Waals surface area contributed by atoms with Crippen molar-refractivity contribution in [3.8, 4) is 5.75 Å². The molecule has 1 aliphatic carbocycles. The number of hydrogen-bond acceptors (Lipinski definition) is 2. The molecule has 19 heavy (non-hydrogen) atoms. The van der Waals surface area contributed by atoms with E-state index in [9.17, 15) is 0 Å². The minimum Gasteiger partial charge on any atom is -0.492 e. The van der Waals surface area contributed by atoms with Crippen LogP contribution in [0, 0.1) is 5.92 Å². The van der Waals surface area contributed by atoms with Crippen LogP contribution in [-0.4, -0.2) is 19.2 Å². The zero-order valence-corrected chi connectivity index (χ0v) is 12.8. The lowest BCUT2D eigenvalue weighted by Gasteiger charge is -2.27. The van der Waals surface area contributed by atoms with Gasteiger partial charge >= 0.3 is 0 Å². The first-order valence-corrected chi connectivity index (χ1v) is 7.72. The Bertz CT molecular complexity index is 411. The Morgan fingerprint density at radius 3 is 2.84 bits per heavy atom. The van der Waals surface area contributed by atoms with Gasteiger partial charge in [-0.3, -0.25) is 0 Å². The Balaban J connectivity index is 1.67. The summed E-state index contributed by atoms with van der Waals surface area (Å²) in [5.74, 6) is 1.62. The average molecular weight is 302 g/mol. The van der Waals surface area contributed by atoms with Gasteiger partial charge in [-0.1, -0.05) is 43.0 Å². The predicted octanol–water partition coefficient (Wildman–Crippen LogP) is 4.54. The van der Waals surface area contributed by atoms with Crippen LogP contribution in [0.4, 0.5) is 0 Å². The van der Waals surface area contributed by atoms with E-state index in [-0.39, 0.29) is 0 Å². The number of rotatable bonds is 5. The molecule has 0 heterocycles. The summed E-state index contributed by atoms with van der Waals surface area (Å²) < 4.78 is 5.65. The van der Waals surface area contributed by atoms with E-state index in [2.05, 4.69) is 12.2 Å². The molecule has 2 atom stereocenters. The van der Waals surface area contributed by atoms with Crippen LogP contribution in [0.15, 0.2) is 18.2 Å². The van der Waals surface area contributed by atoms with Crippen molar-refractivity contribution >= 4 is 23.2 Å². The Morgan fingerprint density at radius 1 is 1.26 bits per heavy atom. The highest BCUT2D eigenvalue weighted by molar-refractivity contribution is 6.42. The third-order valence-corrected chi connectivity index (χ3v) is 4.37. The molecule has 1 aliphatic rings. The number of benzene rings is 1. The SMILES string of the molecule is CC1CCCC(NCCOc2ccc(Cl)c(Cl)c2)C1. The van der Waals surface area contributed by atoms with E-state index in [0.29, 0.717) is 22.7 Å². The minimum absolute atomic E-state index is 0.535. The van der Waals surface area contributed by atoms with E-state index < -0.39 is 0 Å². The monoisotopic (exact) mass is 301 g/mol. The van der Waals surface area contributed by atoms with E-state index in [4.69, 9.17) is 27.9 Å². The first kappa shape index (κ1) is 15.0. The molecule has 106 valence electrons. The summed E-state index contributed by atoms with van der Waals surface area (Å²) in [5.41, 5.74) is 0. The molecule has 0 radical (unpaired) electrons. The van der Waals surface area contributed by atoms with Crippen molar-refractivity contribution in [2.75, 3.05) is 13.2 Å². The predicted molar refractivity (Wildman–Crippen MR) is 81.4 cm³/mol. The molecule has 4 heteroatoms. The lowest BCUT2D eigenvalue weighted by molar-refractivity contribution is 0.266. The van der Waals surface area contributed by atoms with Crippen molar-refractivity contribution < 1.29 is 4.74 Å². The first-order valence-electron chi connectivity index (χ1n) is 6.96. The fraction of sp³-hybridized carbons (Fsp3) is 0.600. The van der Waals surface area contributed by atoms with Crippen LogP contribution < -0.4 is 10.1 Å². The second kappa shape index (κ2) is 7.37. The van der Waals surface area contributed by atoms with E-state index in [1.54, 1.807) is 12.1 Å². The fourth-order valence-electron chi connectivity index (χ4n) is 2.62. The van der Waals surface area contributed by atoms with E-state index in [1.165, 1.54) is 25.7 Å². The van der Waals surface area contributed by atoms with Gasteiger partial charge in [-0.05, 0) is 30.9 Å². The van der Waals surface area contributed by atoms with Gasteiger partial charge in [0.2, 0.25) is 0 Å². The summed E-state index contributed by atoms with van der Waals surface area (Å²) in [7, 11) is 0. The van der Waals surface area contributed by atoms with E-state index in [0.717, 1.165) is 18.2 Å². The van der Waals surface area contributed by atoms with Gasteiger partial charge in [0.25, 0.3) is 0 Å². The van der Waals surface area contributed by atoms with E-state index in [1.807, 2.05) is 6.07 Å². The molecule has 0 bridgehead atoms. The molecular weight excluding hydrogens is 281 g/mol. The van der Waals surface area contributed by atoms with Gasteiger partial charge in [0, 0.05) is 18.7 Å². The van der Waals surface area contributed by atoms with Crippen LogP contribution in [0.5, 0.6) is 5.75 Å². The topological polar surface area (TPSA) is 21.3 Å². The maximum absolute atomic E-state index is 5.94. The summed E-state index contributed by atoms with van der Waals surface area (Å²) >= 11 is 11.8. The van der Waals surface area contributed by atoms with Gasteiger partial charge in [-0.2, -0.15) is 0 Å². The quantitative estimate of drug-likeness (QED) is 0.806. The third-order valence-electron chi connectivity index (χ3n) is 3.63. The molecule has 0 spiro atoms. The maximum atomic E-state index is 5.94. The summed E-state index contributed by atoms with van der Waals surface area (Å²) in [4.78, 5) is 0. The van der Waals surface area contributed by atoms with Crippen LogP contribution in [0.1, 0.15) is 32.6 Å². The number of nitrogens with one attached hydrogen (secondary N) is 1. The average Bonchev–Trinajstić information content (AvgIpc) is 2.39. The highest BCUT2D eigenvalue weighted by Crippen LogP contribution is 2.26. The standard InChI is InChI=1S/C15H21Cl2NO/c1-11-3-2-4-12(9-11)18-7-8-19-13-5-6-14(16)15(17)10-13/h5-6,10-12,18H,2-4,7-9H2,1H3. The number of hydrogen-bond donors (Lipinski definition) is 1. The summed E-state index contributed by atoms with van der Waals surface area (Å²) in [6.07, 6.45) is 5.29. The highest BCUT2D eigenvalue weighted by Gasteiger charge is 2.17. The van der Waals surface area contributed by atoms with Gasteiger partial charge in [0.05, 0.1) is 10.0 Å². The Kier molecular flexibility index (Phi) is 5.80. The fourth-order valence-corrected chi connectivity index (χ4v) is 2.91. The molecule has 1 aromatic rings. The van der Waals surface area contributed by atoms with E-state index >= 15 is 0 Å². The summed E-state index contributed by atoms with van der Waals surface area (Å²) in [5, 5.41) is 4.66. The van der Waals surface area contributed by atoms with Crippen LogP contribution in [0.25, 0.3) is 0 Å². The zero-order chi connectivity index (χ0) is 13.7. The van der Waals surface area contributed by atoms with Crippen molar-refractivity contribution in [1.29, 1.82) is 0 Å². The van der Waals surface area contributed by atoms with Crippen LogP contribution in [-0.2, 0) is 0 Å². The van der Waals surface area contributed by atoms with Crippen LogP contribution >= 0.6 is 23.2 Å². The smallest absolute Gasteiger partial charge is 0.120 e. The second-order valence-electron chi connectivity index (χ2n) is 5.35. The van der Waals surface area contributed by atoms with Gasteiger partial charge in [0.15, 0.2) is 0 Å². The van der Waals surface area contributed by atoms with Gasteiger partial charge in [0.1, 0.15) is 12.4 Å². The van der Waals surface area contributed by atoms with Crippen molar-refractivity contribution in [1.82, 2.24) is 5.32 Å². The molecular formula is C15H21Cl2NO. The molecule has 0 saturated heterocycles. The minimum atomic E-state index is 0.535. The number of halogens is 2. The number of ether oxygens (including phenoxy) is 1. The van der Waals surface area contributed by atoms with Gasteiger partial charge in [-0.15, -0.1) is 0 Å². The normalized spacial score (nSPS) is 23.3. The van der Waals surface area contributed by atoms with Crippen molar-refractivity contribution in [2.24, 2.45) is 5.92 Å². The molecule has 2 rings (SSSR count). The largest absolute Gasteiger partial charge is 0.492 e. The zero-order valence-electron chi connectivity index (χ0n) is 11.3. The Morgan fingerprint density at radius 2 is 2.11 bits per heavy atom. The molecule has 1 aromatic carbocycles. The lowest BCUT2D eigenvalue weighted by atomic mass is 9.87. The molecule has 0 amide bonds. The Labute approximate surface area is 125 Å². The highest BCUT2D eigenvalue weighted by atomic mass is 35.5. The molecule has 1 fully saturated rings. The molecule has 0 aromatic heterocycles. The molecule has 1 saturated carbocycles. The third kappa shape index (κ3) is 4.87. The summed E-state index contributed by atoms with van der Waals surface area (Å²) in [6.45, 7) is 3.86. The molecule has 0 aliphatic heterocycles. The van der Waals surface area contributed by atoms with Crippen LogP contribution in [0.3, 0.4) is 0 Å². The second-order valence-corrected chi connectivity index (χ2v) is 6.16. The van der Waals surface area contributed by atoms with Gasteiger partial charge in [-0.25, -0.2) is 0 Å². The summed E-state index contributed by atoms with van der Waals surface area (Å²) in [6, 6.07) is 6.01.